The number of hydrogen-bond acceptors (Lipinski definition) is 6. The predicted octanol–water partition coefficient (Wildman–Crippen LogP) is 5.45. The summed E-state index contributed by atoms with van der Waals surface area (Å²) in [6, 6.07) is 16.8. The first-order valence-corrected chi connectivity index (χ1v) is 11.9. The number of nitrogens with one attached hydrogen (secondary N) is 2. The average Bonchev–Trinajstić information content (AvgIpc) is 2.82. The van der Waals surface area contributed by atoms with Crippen molar-refractivity contribution in [3.8, 4) is 6.07 Å². The second-order valence-electron chi connectivity index (χ2n) is 7.56. The van der Waals surface area contributed by atoms with Crippen LogP contribution in [-0.4, -0.2) is 24.2 Å². The summed E-state index contributed by atoms with van der Waals surface area (Å²) >= 11 is 7.65. The van der Waals surface area contributed by atoms with Crippen molar-refractivity contribution in [1.29, 1.82) is 5.26 Å². The van der Waals surface area contributed by atoms with E-state index in [4.69, 9.17) is 16.3 Å². The van der Waals surface area contributed by atoms with Crippen LogP contribution in [0.15, 0.2) is 83.1 Å². The summed E-state index contributed by atoms with van der Waals surface area (Å²) in [5, 5.41) is 17.0. The molecule has 2 N–H and O–H groups in total. The van der Waals surface area contributed by atoms with E-state index in [0.717, 1.165) is 5.56 Å². The van der Waals surface area contributed by atoms with Gasteiger partial charge in [0, 0.05) is 16.4 Å². The highest BCUT2D eigenvalue weighted by molar-refractivity contribution is 8.03. The van der Waals surface area contributed by atoms with Crippen molar-refractivity contribution in [3.63, 3.8) is 0 Å². The van der Waals surface area contributed by atoms with Gasteiger partial charge < -0.3 is 15.4 Å². The van der Waals surface area contributed by atoms with Gasteiger partial charge in [-0.05, 0) is 37.6 Å². The number of hydrogen-bond donors (Lipinski definition) is 2. The molecule has 0 unspecified atom stereocenters. The number of esters is 1. The number of carbonyl (C=O) groups is 2. The van der Waals surface area contributed by atoms with Gasteiger partial charge in [-0.2, -0.15) is 5.26 Å². The van der Waals surface area contributed by atoms with Crippen LogP contribution in [0.5, 0.6) is 0 Å². The number of halogens is 1. The van der Waals surface area contributed by atoms with E-state index in [2.05, 4.69) is 23.3 Å². The van der Waals surface area contributed by atoms with Crippen LogP contribution in [0.25, 0.3) is 0 Å². The number of dihydropyridines is 1. The van der Waals surface area contributed by atoms with Gasteiger partial charge in [-0.3, -0.25) is 4.79 Å². The molecule has 3 rings (SSSR count). The first kappa shape index (κ1) is 25.2. The highest BCUT2D eigenvalue weighted by Crippen LogP contribution is 2.43. The third-order valence-electron chi connectivity index (χ3n) is 5.10. The summed E-state index contributed by atoms with van der Waals surface area (Å²) < 4.78 is 5.29. The second kappa shape index (κ2) is 11.6. The van der Waals surface area contributed by atoms with Crippen LogP contribution in [0.3, 0.4) is 0 Å². The molecule has 1 aliphatic rings. The third-order valence-corrected chi connectivity index (χ3v) is 6.46. The zero-order valence-electron chi connectivity index (χ0n) is 18.9. The minimum Gasteiger partial charge on any atom is -0.458 e. The lowest BCUT2D eigenvalue weighted by Crippen LogP contribution is -2.29. The molecule has 34 heavy (non-hydrogen) atoms. The summed E-state index contributed by atoms with van der Waals surface area (Å²) in [7, 11) is 0. The van der Waals surface area contributed by atoms with Crippen molar-refractivity contribution in [2.45, 2.75) is 19.8 Å². The first-order valence-electron chi connectivity index (χ1n) is 10.5. The molecule has 6 nitrogen and oxygen atoms in total. The van der Waals surface area contributed by atoms with E-state index in [1.807, 2.05) is 31.2 Å². The monoisotopic (exact) mass is 493 g/mol. The molecule has 8 heteroatoms. The van der Waals surface area contributed by atoms with E-state index in [1.54, 1.807) is 31.2 Å². The Morgan fingerprint density at radius 3 is 2.59 bits per heavy atom. The largest absolute Gasteiger partial charge is 0.458 e. The Kier molecular flexibility index (Phi) is 8.58. The molecule has 0 radical (unpaired) electrons. The molecule has 0 bridgehead atoms. The molecule has 1 amide bonds. The van der Waals surface area contributed by atoms with Gasteiger partial charge in [0.2, 0.25) is 5.91 Å². The van der Waals surface area contributed by atoms with Crippen molar-refractivity contribution in [2.24, 2.45) is 0 Å². The second-order valence-corrected chi connectivity index (χ2v) is 8.96. The van der Waals surface area contributed by atoms with Crippen LogP contribution in [-0.2, 0) is 14.3 Å². The third kappa shape index (κ3) is 5.90. The van der Waals surface area contributed by atoms with Gasteiger partial charge in [0.05, 0.1) is 33.9 Å². The van der Waals surface area contributed by atoms with Crippen LogP contribution >= 0.6 is 23.4 Å². The number of benzene rings is 2. The Morgan fingerprint density at radius 2 is 1.94 bits per heavy atom. The summed E-state index contributed by atoms with van der Waals surface area (Å²) in [5.74, 6) is -1.45. The molecule has 1 atom stereocenters. The normalized spacial score (nSPS) is 15.3. The van der Waals surface area contributed by atoms with Gasteiger partial charge in [-0.25, -0.2) is 4.79 Å². The Hall–Kier alpha value is -3.47. The number of nitrogens with zero attached hydrogens (tertiary/aromatic N) is 1. The van der Waals surface area contributed by atoms with Crippen molar-refractivity contribution < 1.29 is 14.3 Å². The summed E-state index contributed by atoms with van der Waals surface area (Å²) in [6.07, 6.45) is 1.48. The van der Waals surface area contributed by atoms with Crippen LogP contribution in [0.1, 0.15) is 24.0 Å². The fraction of sp³-hybridized carbons (Fsp3) is 0.192. The molecule has 2 aromatic rings. The van der Waals surface area contributed by atoms with Crippen molar-refractivity contribution in [2.75, 3.05) is 17.7 Å². The molecule has 0 spiro atoms. The molecule has 174 valence electrons. The number of carbonyl (C=O) groups excluding carboxylic acids is 2. The quantitative estimate of drug-likeness (QED) is 0.375. The minimum absolute atomic E-state index is 0.0389. The average molecular weight is 494 g/mol. The van der Waals surface area contributed by atoms with Gasteiger partial charge in [-0.1, -0.05) is 71.9 Å². The number of nitriles is 1. The molecule has 0 aliphatic carbocycles. The molecular formula is C26H24ClN3O3S. The highest BCUT2D eigenvalue weighted by atomic mass is 35.5. The topological polar surface area (TPSA) is 91.2 Å². The minimum atomic E-state index is -0.736. The maximum absolute atomic E-state index is 12.9. The van der Waals surface area contributed by atoms with E-state index in [9.17, 15) is 14.9 Å². The number of anilines is 1. The predicted molar refractivity (Wildman–Crippen MR) is 136 cm³/mol. The van der Waals surface area contributed by atoms with Crippen LogP contribution in [0.4, 0.5) is 5.69 Å². The van der Waals surface area contributed by atoms with E-state index in [0.29, 0.717) is 32.6 Å². The Balaban J connectivity index is 1.91. The zero-order chi connectivity index (χ0) is 24.7. The van der Waals surface area contributed by atoms with Gasteiger partial charge >= 0.3 is 5.97 Å². The van der Waals surface area contributed by atoms with Crippen molar-refractivity contribution in [3.05, 3.63) is 99.2 Å². The highest BCUT2D eigenvalue weighted by Gasteiger charge is 2.36. The SMILES string of the molecule is C=CCOC(=O)C1=C(C)NC(SCC(=O)Nc2ccc(C)cc2)=C(C#N)[C@H]1c1ccccc1Cl. The van der Waals surface area contributed by atoms with E-state index in [-0.39, 0.29) is 23.8 Å². The lowest BCUT2D eigenvalue weighted by atomic mass is 9.82. The van der Waals surface area contributed by atoms with Crippen molar-refractivity contribution in [1.82, 2.24) is 5.32 Å². The Bertz CT molecular complexity index is 1210. The first-order chi connectivity index (χ1) is 16.3. The standard InChI is InChI=1S/C26H24ClN3O3S/c1-4-13-33-26(32)23-17(3)29-25(20(14-28)24(23)19-7-5-6-8-21(19)27)34-15-22(31)30-18-11-9-16(2)10-12-18/h4-12,24,29H,1,13,15H2,2-3H3,(H,30,31)/t24-/m1/s1. The molecule has 0 fully saturated rings. The maximum Gasteiger partial charge on any atom is 0.337 e. The molecule has 1 heterocycles. The van der Waals surface area contributed by atoms with Gasteiger partial charge in [-0.15, -0.1) is 0 Å². The van der Waals surface area contributed by atoms with Gasteiger partial charge in [0.15, 0.2) is 0 Å². The summed E-state index contributed by atoms with van der Waals surface area (Å²) in [5.41, 5.74) is 3.50. The van der Waals surface area contributed by atoms with E-state index in [1.165, 1.54) is 17.8 Å². The molecule has 0 saturated heterocycles. The molecule has 0 aromatic heterocycles. The number of thioether (sulfide) groups is 1. The number of aryl methyl sites for hydroxylation is 1. The Labute approximate surface area is 208 Å². The van der Waals surface area contributed by atoms with Gasteiger partial charge in [0.25, 0.3) is 0 Å². The zero-order valence-corrected chi connectivity index (χ0v) is 20.4. The molecular weight excluding hydrogens is 470 g/mol. The number of rotatable bonds is 8. The summed E-state index contributed by atoms with van der Waals surface area (Å²) in [6.45, 7) is 7.31. The van der Waals surface area contributed by atoms with Crippen LogP contribution < -0.4 is 10.6 Å². The fourth-order valence-electron chi connectivity index (χ4n) is 3.50. The van der Waals surface area contributed by atoms with Crippen LogP contribution in [0.2, 0.25) is 5.02 Å². The fourth-order valence-corrected chi connectivity index (χ4v) is 4.64. The van der Waals surface area contributed by atoms with E-state index >= 15 is 0 Å². The Morgan fingerprint density at radius 1 is 1.24 bits per heavy atom. The smallest absolute Gasteiger partial charge is 0.337 e. The maximum atomic E-state index is 12.9. The van der Waals surface area contributed by atoms with Crippen LogP contribution in [0, 0.1) is 18.3 Å². The number of ether oxygens (including phenoxy) is 1. The summed E-state index contributed by atoms with van der Waals surface area (Å²) in [4.78, 5) is 25.4. The molecule has 1 aliphatic heterocycles. The lowest BCUT2D eigenvalue weighted by Gasteiger charge is -2.29. The van der Waals surface area contributed by atoms with E-state index < -0.39 is 11.9 Å². The number of amides is 1. The molecule has 0 saturated carbocycles. The lowest BCUT2D eigenvalue weighted by molar-refractivity contribution is -0.138. The number of allylic oxidation sites excluding steroid dienone is 2. The van der Waals surface area contributed by atoms with Gasteiger partial charge in [0.1, 0.15) is 6.61 Å². The van der Waals surface area contributed by atoms with Crippen molar-refractivity contribution >= 4 is 40.9 Å². The molecule has 2 aromatic carbocycles.